The zero-order chi connectivity index (χ0) is 13.7. The Kier molecular flexibility index (Phi) is 2.56. The van der Waals surface area contributed by atoms with Crippen molar-refractivity contribution in [2.45, 2.75) is 31.6 Å². The van der Waals surface area contributed by atoms with Crippen LogP contribution in [0, 0.1) is 11.7 Å². The standard InChI is InChI=1S/C17H16FNO/c18-13-5-3-11(4-6-13)14-9-16(20)19-15-8-10-1-2-12(7-10)17(14)15/h3-6,9-10,12H,1-2,7-8H2,(H,19,20). The summed E-state index contributed by atoms with van der Waals surface area (Å²) in [5.74, 6) is 1.04. The normalized spacial score (nSPS) is 23.6. The number of rotatable bonds is 1. The third-order valence-electron chi connectivity index (χ3n) is 4.76. The maximum absolute atomic E-state index is 13.1. The van der Waals surface area contributed by atoms with Crippen molar-refractivity contribution in [3.63, 3.8) is 0 Å². The van der Waals surface area contributed by atoms with Gasteiger partial charge in [0.2, 0.25) is 5.56 Å². The van der Waals surface area contributed by atoms with E-state index in [0.717, 1.165) is 29.2 Å². The maximum Gasteiger partial charge on any atom is 0.248 e. The maximum atomic E-state index is 13.1. The molecular weight excluding hydrogens is 253 g/mol. The second-order valence-corrected chi connectivity index (χ2v) is 6.03. The van der Waals surface area contributed by atoms with Gasteiger partial charge < -0.3 is 4.98 Å². The molecule has 0 saturated heterocycles. The largest absolute Gasteiger partial charge is 0.326 e. The molecule has 0 aliphatic heterocycles. The summed E-state index contributed by atoms with van der Waals surface area (Å²) in [6.45, 7) is 0. The fourth-order valence-corrected chi connectivity index (χ4v) is 3.93. The first-order valence-electron chi connectivity index (χ1n) is 7.23. The average molecular weight is 269 g/mol. The van der Waals surface area contributed by atoms with Crippen LogP contribution < -0.4 is 5.56 Å². The fourth-order valence-electron chi connectivity index (χ4n) is 3.93. The molecule has 0 spiro atoms. The summed E-state index contributed by atoms with van der Waals surface area (Å²) in [5, 5.41) is 0. The van der Waals surface area contributed by atoms with E-state index in [9.17, 15) is 9.18 Å². The number of aromatic nitrogens is 1. The minimum atomic E-state index is -0.242. The van der Waals surface area contributed by atoms with E-state index in [1.54, 1.807) is 18.2 Å². The molecule has 2 aromatic rings. The predicted octanol–water partition coefficient (Wildman–Crippen LogP) is 3.62. The van der Waals surface area contributed by atoms with Crippen molar-refractivity contribution in [1.29, 1.82) is 0 Å². The third-order valence-corrected chi connectivity index (χ3v) is 4.76. The van der Waals surface area contributed by atoms with Gasteiger partial charge in [-0.05, 0) is 66.3 Å². The van der Waals surface area contributed by atoms with Gasteiger partial charge in [0.25, 0.3) is 0 Å². The van der Waals surface area contributed by atoms with Crippen LogP contribution in [0.5, 0.6) is 0 Å². The average Bonchev–Trinajstić information content (AvgIpc) is 2.81. The molecule has 2 aliphatic rings. The summed E-state index contributed by atoms with van der Waals surface area (Å²) in [4.78, 5) is 14.9. The molecule has 2 unspecified atom stereocenters. The summed E-state index contributed by atoms with van der Waals surface area (Å²) in [5.41, 5.74) is 4.29. The van der Waals surface area contributed by atoms with Gasteiger partial charge in [-0.1, -0.05) is 12.1 Å². The molecule has 1 fully saturated rings. The molecule has 102 valence electrons. The molecule has 0 amide bonds. The molecule has 1 saturated carbocycles. The van der Waals surface area contributed by atoms with Crippen LogP contribution in [0.25, 0.3) is 11.1 Å². The Bertz CT molecular complexity index is 717. The van der Waals surface area contributed by atoms with Gasteiger partial charge in [0.1, 0.15) is 5.82 Å². The molecule has 1 heterocycles. The Morgan fingerprint density at radius 1 is 1.15 bits per heavy atom. The Labute approximate surface area is 116 Å². The SMILES string of the molecule is O=c1cc(-c2ccc(F)cc2)c2c([nH]1)CC1CCC2C1. The number of nitrogens with one attached hydrogen (secondary N) is 1. The molecular formula is C17H16FNO. The van der Waals surface area contributed by atoms with Crippen molar-refractivity contribution in [3.8, 4) is 11.1 Å². The summed E-state index contributed by atoms with van der Waals surface area (Å²) < 4.78 is 13.1. The molecule has 4 rings (SSSR count). The van der Waals surface area contributed by atoms with Gasteiger partial charge in [-0.3, -0.25) is 4.79 Å². The van der Waals surface area contributed by atoms with Gasteiger partial charge in [-0.15, -0.1) is 0 Å². The lowest BCUT2D eigenvalue weighted by molar-refractivity contribution is 0.500. The minimum Gasteiger partial charge on any atom is -0.326 e. The summed E-state index contributed by atoms with van der Waals surface area (Å²) in [7, 11) is 0. The predicted molar refractivity (Wildman–Crippen MR) is 76.2 cm³/mol. The first-order valence-corrected chi connectivity index (χ1v) is 7.23. The zero-order valence-corrected chi connectivity index (χ0v) is 11.2. The number of hydrogen-bond donors (Lipinski definition) is 1. The van der Waals surface area contributed by atoms with Crippen molar-refractivity contribution >= 4 is 0 Å². The number of pyridine rings is 1. The van der Waals surface area contributed by atoms with Crippen molar-refractivity contribution in [2.24, 2.45) is 5.92 Å². The first kappa shape index (κ1) is 11.9. The summed E-state index contributed by atoms with van der Waals surface area (Å²) in [6, 6.07) is 8.13. The number of aromatic amines is 1. The van der Waals surface area contributed by atoms with Gasteiger partial charge in [-0.25, -0.2) is 4.39 Å². The van der Waals surface area contributed by atoms with E-state index in [0.29, 0.717) is 5.92 Å². The van der Waals surface area contributed by atoms with E-state index < -0.39 is 0 Å². The molecule has 2 bridgehead atoms. The fraction of sp³-hybridized carbons (Fsp3) is 0.353. The van der Waals surface area contributed by atoms with Crippen LogP contribution in [0.15, 0.2) is 35.1 Å². The Morgan fingerprint density at radius 2 is 1.95 bits per heavy atom. The topological polar surface area (TPSA) is 32.9 Å². The summed E-state index contributed by atoms with van der Waals surface area (Å²) >= 11 is 0. The molecule has 3 heteroatoms. The lowest BCUT2D eigenvalue weighted by Gasteiger charge is -2.25. The van der Waals surface area contributed by atoms with E-state index in [2.05, 4.69) is 4.98 Å². The van der Waals surface area contributed by atoms with Gasteiger partial charge in [-0.2, -0.15) is 0 Å². The van der Waals surface area contributed by atoms with Crippen LogP contribution in [0.4, 0.5) is 4.39 Å². The number of benzene rings is 1. The second-order valence-electron chi connectivity index (χ2n) is 6.03. The molecule has 1 aromatic carbocycles. The Morgan fingerprint density at radius 3 is 2.75 bits per heavy atom. The second kappa shape index (κ2) is 4.30. The van der Waals surface area contributed by atoms with E-state index in [4.69, 9.17) is 0 Å². The highest BCUT2D eigenvalue weighted by atomic mass is 19.1. The lowest BCUT2D eigenvalue weighted by atomic mass is 9.82. The van der Waals surface area contributed by atoms with E-state index >= 15 is 0 Å². The van der Waals surface area contributed by atoms with Gasteiger partial charge in [0, 0.05) is 11.8 Å². The molecule has 2 aliphatic carbocycles. The van der Waals surface area contributed by atoms with E-state index in [1.807, 2.05) is 0 Å². The van der Waals surface area contributed by atoms with E-state index in [-0.39, 0.29) is 11.4 Å². The molecule has 2 nitrogen and oxygen atoms in total. The molecule has 2 atom stereocenters. The van der Waals surface area contributed by atoms with Gasteiger partial charge in [0.15, 0.2) is 0 Å². The summed E-state index contributed by atoms with van der Waals surface area (Å²) in [6.07, 6.45) is 4.67. The number of hydrogen-bond acceptors (Lipinski definition) is 1. The number of fused-ring (bicyclic) bond motifs is 4. The Balaban J connectivity index is 1.94. The third kappa shape index (κ3) is 1.80. The van der Waals surface area contributed by atoms with Crippen LogP contribution in [-0.2, 0) is 6.42 Å². The van der Waals surface area contributed by atoms with E-state index in [1.165, 1.54) is 37.0 Å². The molecule has 20 heavy (non-hydrogen) atoms. The van der Waals surface area contributed by atoms with Crippen LogP contribution in [0.1, 0.15) is 36.4 Å². The van der Waals surface area contributed by atoms with Crippen molar-refractivity contribution in [3.05, 3.63) is 57.8 Å². The quantitative estimate of drug-likeness (QED) is 0.842. The van der Waals surface area contributed by atoms with Crippen LogP contribution in [0.2, 0.25) is 0 Å². The molecule has 1 aromatic heterocycles. The van der Waals surface area contributed by atoms with Crippen LogP contribution in [0.3, 0.4) is 0 Å². The highest BCUT2D eigenvalue weighted by Gasteiger charge is 2.35. The Hall–Kier alpha value is -1.90. The molecule has 0 radical (unpaired) electrons. The highest BCUT2D eigenvalue weighted by Crippen LogP contribution is 2.48. The zero-order valence-electron chi connectivity index (χ0n) is 11.2. The van der Waals surface area contributed by atoms with Crippen molar-refractivity contribution in [2.75, 3.05) is 0 Å². The monoisotopic (exact) mass is 269 g/mol. The van der Waals surface area contributed by atoms with Crippen molar-refractivity contribution < 1.29 is 4.39 Å². The lowest BCUT2D eigenvalue weighted by Crippen LogP contribution is -2.19. The van der Waals surface area contributed by atoms with Crippen LogP contribution >= 0.6 is 0 Å². The molecule has 1 N–H and O–H groups in total. The van der Waals surface area contributed by atoms with Gasteiger partial charge in [0.05, 0.1) is 0 Å². The number of halogens is 1. The smallest absolute Gasteiger partial charge is 0.248 e. The van der Waals surface area contributed by atoms with Crippen LogP contribution in [-0.4, -0.2) is 4.98 Å². The highest BCUT2D eigenvalue weighted by molar-refractivity contribution is 5.69. The van der Waals surface area contributed by atoms with Gasteiger partial charge >= 0.3 is 0 Å². The number of H-pyrrole nitrogens is 1. The minimum absolute atomic E-state index is 0.0515. The van der Waals surface area contributed by atoms with Crippen molar-refractivity contribution in [1.82, 2.24) is 4.98 Å². The first-order chi connectivity index (χ1) is 9.70.